The molecular formula is C19H29IN6O2. The van der Waals surface area contributed by atoms with Crippen LogP contribution in [0.1, 0.15) is 23.6 Å². The van der Waals surface area contributed by atoms with E-state index in [0.29, 0.717) is 26.4 Å². The van der Waals surface area contributed by atoms with E-state index in [-0.39, 0.29) is 30.0 Å². The molecule has 0 aliphatic carbocycles. The number of guanidine groups is 1. The summed E-state index contributed by atoms with van der Waals surface area (Å²) in [5, 5.41) is 11.3. The second-order valence-electron chi connectivity index (χ2n) is 6.48. The Morgan fingerprint density at radius 1 is 1.29 bits per heavy atom. The Morgan fingerprint density at radius 3 is 2.86 bits per heavy atom. The molecule has 0 radical (unpaired) electrons. The molecule has 9 heteroatoms. The number of fused-ring (bicyclic) bond motifs is 1. The molecule has 1 aliphatic heterocycles. The first-order chi connectivity index (χ1) is 13.3. The Hall–Kier alpha value is -1.72. The lowest BCUT2D eigenvalue weighted by Gasteiger charge is -2.25. The van der Waals surface area contributed by atoms with E-state index in [4.69, 9.17) is 9.47 Å². The Balaban J connectivity index is 0.00000280. The summed E-state index contributed by atoms with van der Waals surface area (Å²) in [5.41, 5.74) is 1.18. The van der Waals surface area contributed by atoms with Gasteiger partial charge in [-0.05, 0) is 12.0 Å². The number of hydrogen-bond donors (Lipinski definition) is 2. The van der Waals surface area contributed by atoms with Crippen LogP contribution >= 0.6 is 24.0 Å². The van der Waals surface area contributed by atoms with Crippen molar-refractivity contribution in [2.24, 2.45) is 4.99 Å². The van der Waals surface area contributed by atoms with Crippen molar-refractivity contribution in [2.75, 3.05) is 27.3 Å². The molecule has 0 spiro atoms. The lowest BCUT2D eigenvalue weighted by atomic mass is 10.1. The number of nitrogens with zero attached hydrogens (tertiary/aromatic N) is 4. The molecule has 8 nitrogen and oxygen atoms in total. The minimum absolute atomic E-state index is 0. The fraction of sp³-hybridized carbons (Fsp3) is 0.526. The van der Waals surface area contributed by atoms with Crippen LogP contribution in [0.4, 0.5) is 0 Å². The summed E-state index contributed by atoms with van der Waals surface area (Å²) in [5.74, 6) is 2.55. The summed E-state index contributed by atoms with van der Waals surface area (Å²) in [7, 11) is 3.43. The molecule has 0 amide bonds. The standard InChI is InChI=1S/C19H28N6O2.HI/c1-20-19(21-10-11-27-13-15-6-4-3-5-7-15)22-16-8-9-18-23-17(14-26-2)24-25(18)12-16;/h3-7,16H,8-14H2,1-2H3,(H2,20,21,22);1H. The lowest BCUT2D eigenvalue weighted by Crippen LogP contribution is -2.47. The summed E-state index contributed by atoms with van der Waals surface area (Å²) in [6.07, 6.45) is 1.89. The molecule has 0 fully saturated rings. The molecule has 28 heavy (non-hydrogen) atoms. The van der Waals surface area contributed by atoms with Gasteiger partial charge in [-0.1, -0.05) is 30.3 Å². The summed E-state index contributed by atoms with van der Waals surface area (Å²) in [6, 6.07) is 10.4. The normalized spacial score (nSPS) is 16.2. The third kappa shape index (κ3) is 6.71. The van der Waals surface area contributed by atoms with Gasteiger partial charge < -0.3 is 20.1 Å². The average Bonchev–Trinajstić information content (AvgIpc) is 3.09. The highest BCUT2D eigenvalue weighted by molar-refractivity contribution is 14.0. The van der Waals surface area contributed by atoms with E-state index in [1.165, 1.54) is 5.56 Å². The van der Waals surface area contributed by atoms with Crippen molar-refractivity contribution >= 4 is 29.9 Å². The Labute approximate surface area is 183 Å². The van der Waals surface area contributed by atoms with Crippen LogP contribution in [0.25, 0.3) is 0 Å². The number of rotatable bonds is 8. The average molecular weight is 500 g/mol. The number of aromatic nitrogens is 3. The molecule has 1 unspecified atom stereocenters. The summed E-state index contributed by atoms with van der Waals surface area (Å²) < 4.78 is 12.8. The maximum absolute atomic E-state index is 5.70. The Bertz CT molecular complexity index is 737. The maximum atomic E-state index is 5.70. The first-order valence-corrected chi connectivity index (χ1v) is 9.29. The van der Waals surface area contributed by atoms with Crippen LogP contribution in [0.3, 0.4) is 0 Å². The second kappa shape index (κ2) is 12.0. The van der Waals surface area contributed by atoms with E-state index in [9.17, 15) is 0 Å². The minimum Gasteiger partial charge on any atom is -0.377 e. The Morgan fingerprint density at radius 2 is 2.11 bits per heavy atom. The molecule has 0 bridgehead atoms. The van der Waals surface area contributed by atoms with Gasteiger partial charge in [0.1, 0.15) is 12.4 Å². The molecule has 2 heterocycles. The maximum Gasteiger partial charge on any atom is 0.191 e. The van der Waals surface area contributed by atoms with Gasteiger partial charge in [0.25, 0.3) is 0 Å². The van der Waals surface area contributed by atoms with Crippen molar-refractivity contribution in [1.82, 2.24) is 25.4 Å². The molecule has 1 atom stereocenters. The summed E-state index contributed by atoms with van der Waals surface area (Å²) >= 11 is 0. The van der Waals surface area contributed by atoms with Gasteiger partial charge in [-0.2, -0.15) is 5.10 Å². The smallest absolute Gasteiger partial charge is 0.191 e. The largest absolute Gasteiger partial charge is 0.377 e. The SMILES string of the molecule is CN=C(NCCOCc1ccccc1)NC1CCc2nc(COC)nn2C1.I. The number of hydrogen-bond acceptors (Lipinski definition) is 5. The zero-order valence-electron chi connectivity index (χ0n) is 16.4. The van der Waals surface area contributed by atoms with Crippen LogP contribution < -0.4 is 10.6 Å². The fourth-order valence-electron chi connectivity index (χ4n) is 3.06. The van der Waals surface area contributed by atoms with Gasteiger partial charge in [0.15, 0.2) is 11.8 Å². The minimum atomic E-state index is 0. The van der Waals surface area contributed by atoms with E-state index < -0.39 is 0 Å². The highest BCUT2D eigenvalue weighted by Crippen LogP contribution is 2.13. The first-order valence-electron chi connectivity index (χ1n) is 9.29. The molecule has 3 rings (SSSR count). The van der Waals surface area contributed by atoms with Gasteiger partial charge in [-0.15, -0.1) is 24.0 Å². The molecule has 2 aromatic rings. The molecular weight excluding hydrogens is 471 g/mol. The van der Waals surface area contributed by atoms with Crippen LogP contribution in [0, 0.1) is 0 Å². The summed E-state index contributed by atoms with van der Waals surface area (Å²) in [4.78, 5) is 8.81. The molecule has 0 saturated heterocycles. The van der Waals surface area contributed by atoms with Crippen molar-refractivity contribution in [2.45, 2.75) is 38.6 Å². The zero-order chi connectivity index (χ0) is 18.9. The Kier molecular flexibility index (Phi) is 9.65. The fourth-order valence-corrected chi connectivity index (χ4v) is 3.06. The number of nitrogens with one attached hydrogen (secondary N) is 2. The second-order valence-corrected chi connectivity index (χ2v) is 6.48. The number of halogens is 1. The van der Waals surface area contributed by atoms with Crippen LogP contribution in [0.2, 0.25) is 0 Å². The molecule has 2 N–H and O–H groups in total. The van der Waals surface area contributed by atoms with E-state index in [1.54, 1.807) is 14.2 Å². The summed E-state index contributed by atoms with van der Waals surface area (Å²) in [6.45, 7) is 3.16. The van der Waals surface area contributed by atoms with Crippen LogP contribution in [0.5, 0.6) is 0 Å². The van der Waals surface area contributed by atoms with Crippen molar-refractivity contribution in [3.8, 4) is 0 Å². The lowest BCUT2D eigenvalue weighted by molar-refractivity contribution is 0.125. The third-order valence-electron chi connectivity index (χ3n) is 4.39. The number of ether oxygens (including phenoxy) is 2. The zero-order valence-corrected chi connectivity index (χ0v) is 18.8. The quantitative estimate of drug-likeness (QED) is 0.249. The van der Waals surface area contributed by atoms with E-state index in [2.05, 4.69) is 37.8 Å². The van der Waals surface area contributed by atoms with Crippen molar-refractivity contribution in [1.29, 1.82) is 0 Å². The first kappa shape index (κ1) is 22.6. The predicted octanol–water partition coefficient (Wildman–Crippen LogP) is 1.74. The highest BCUT2D eigenvalue weighted by atomic mass is 127. The van der Waals surface area contributed by atoms with Crippen molar-refractivity contribution < 1.29 is 9.47 Å². The molecule has 154 valence electrons. The van der Waals surface area contributed by atoms with E-state index >= 15 is 0 Å². The van der Waals surface area contributed by atoms with Gasteiger partial charge in [0, 0.05) is 33.2 Å². The van der Waals surface area contributed by atoms with Gasteiger partial charge in [0.05, 0.1) is 19.8 Å². The van der Waals surface area contributed by atoms with E-state index in [0.717, 1.165) is 37.0 Å². The highest BCUT2D eigenvalue weighted by Gasteiger charge is 2.22. The van der Waals surface area contributed by atoms with Crippen LogP contribution in [-0.4, -0.2) is 54.1 Å². The van der Waals surface area contributed by atoms with Crippen LogP contribution in [0.15, 0.2) is 35.3 Å². The van der Waals surface area contributed by atoms with E-state index in [1.807, 2.05) is 22.9 Å². The van der Waals surface area contributed by atoms with Gasteiger partial charge >= 0.3 is 0 Å². The number of aliphatic imine (C=N–C) groups is 1. The van der Waals surface area contributed by atoms with Crippen LogP contribution in [-0.2, 0) is 35.7 Å². The van der Waals surface area contributed by atoms with Crippen molar-refractivity contribution in [3.63, 3.8) is 0 Å². The predicted molar refractivity (Wildman–Crippen MR) is 119 cm³/mol. The molecule has 1 aromatic heterocycles. The molecule has 1 aromatic carbocycles. The van der Waals surface area contributed by atoms with Crippen molar-refractivity contribution in [3.05, 3.63) is 47.5 Å². The number of aryl methyl sites for hydroxylation is 1. The third-order valence-corrected chi connectivity index (χ3v) is 4.39. The van der Waals surface area contributed by atoms with Gasteiger partial charge in [-0.3, -0.25) is 4.99 Å². The topological polar surface area (TPSA) is 85.6 Å². The van der Waals surface area contributed by atoms with Gasteiger partial charge in [0.2, 0.25) is 0 Å². The molecule has 1 aliphatic rings. The van der Waals surface area contributed by atoms with Gasteiger partial charge in [-0.25, -0.2) is 9.67 Å². The molecule has 0 saturated carbocycles. The number of benzene rings is 1. The number of methoxy groups -OCH3 is 1. The monoisotopic (exact) mass is 500 g/mol.